The molecule has 2 saturated heterocycles. The molecule has 402 valence electrons. The highest BCUT2D eigenvalue weighted by molar-refractivity contribution is 7.99. The number of benzene rings is 5. The van der Waals surface area contributed by atoms with Gasteiger partial charge in [-0.3, -0.25) is 4.57 Å². The van der Waals surface area contributed by atoms with Crippen LogP contribution in [0, 0.1) is 12.7 Å². The fourth-order valence-corrected chi connectivity index (χ4v) is 14.4. The number of piperidine rings is 1. The molecule has 0 aliphatic carbocycles. The Morgan fingerprint density at radius 3 is 2.04 bits per heavy atom. The van der Waals surface area contributed by atoms with Crippen molar-refractivity contribution in [2.75, 3.05) is 78.0 Å². The van der Waals surface area contributed by atoms with Crippen LogP contribution in [-0.4, -0.2) is 112 Å². The first kappa shape index (κ1) is 56.2. The van der Waals surface area contributed by atoms with Crippen LogP contribution in [0.3, 0.4) is 0 Å². The molecule has 0 amide bonds. The first-order valence-corrected chi connectivity index (χ1v) is 30.8. The standard InChI is InChI=1S/C53H60ClF4N6O7PS3/c1-35(2)64-36(3)52(74(4,68)69)50(51(64)37-10-12-39(54)13-11-37)38-30-40(55)32-44(31-38)63-28-26-62(27-29-63)43-16-14-41(15-17-43)60-72(66,67)46-18-19-48(49(33-46)75(70,71)53(56,57)58)59-42(34-73-47-8-6-5-7-9-47)20-23-61-24-21-45(65)22-25-61/h5-19,30-33,35,42,45,59,65H,20-29,34H2,1-4H3,(H2,60,66,67)/t42-/m1/s1. The number of hydrogen-bond acceptors (Lipinski definition) is 11. The van der Waals surface area contributed by atoms with Gasteiger partial charge in [-0.2, -0.15) is 13.2 Å². The number of alkyl halides is 3. The maximum atomic E-state index is 15.8. The largest absolute Gasteiger partial charge is 0.501 e. The average molecular weight is 1130 g/mol. The van der Waals surface area contributed by atoms with Crippen LogP contribution in [0.4, 0.5) is 40.3 Å². The van der Waals surface area contributed by atoms with Crippen LogP contribution in [0.1, 0.15) is 44.8 Å². The van der Waals surface area contributed by atoms with Crippen molar-refractivity contribution in [2.24, 2.45) is 0 Å². The van der Waals surface area contributed by atoms with Crippen LogP contribution < -0.4 is 25.5 Å². The zero-order valence-electron chi connectivity index (χ0n) is 41.8. The van der Waals surface area contributed by atoms with Gasteiger partial charge in [-0.05, 0) is 136 Å². The van der Waals surface area contributed by atoms with E-state index in [9.17, 15) is 44.6 Å². The Bertz CT molecular complexity index is 3260. The predicted octanol–water partition coefficient (Wildman–Crippen LogP) is 10.9. The lowest BCUT2D eigenvalue weighted by Gasteiger charge is -2.37. The molecule has 0 spiro atoms. The molecule has 75 heavy (non-hydrogen) atoms. The Labute approximate surface area is 445 Å². The van der Waals surface area contributed by atoms with Gasteiger partial charge in [0, 0.05) is 108 Å². The summed E-state index contributed by atoms with van der Waals surface area (Å²) in [6.45, 7) is 9.36. The second kappa shape index (κ2) is 22.9. The molecule has 1 unspecified atom stereocenters. The molecule has 5 aromatic carbocycles. The van der Waals surface area contributed by atoms with Crippen LogP contribution >= 0.6 is 30.9 Å². The first-order valence-electron chi connectivity index (χ1n) is 24.4. The number of rotatable bonds is 18. The maximum absolute atomic E-state index is 15.8. The van der Waals surface area contributed by atoms with Crippen LogP contribution in [-0.2, 0) is 24.2 Å². The van der Waals surface area contributed by atoms with Gasteiger partial charge in [0.15, 0.2) is 9.84 Å². The van der Waals surface area contributed by atoms with Crippen molar-refractivity contribution in [1.29, 1.82) is 0 Å². The van der Waals surface area contributed by atoms with E-state index in [0.29, 0.717) is 110 Å². The van der Waals surface area contributed by atoms with Crippen LogP contribution in [0.2, 0.25) is 5.02 Å². The van der Waals surface area contributed by atoms with E-state index in [0.717, 1.165) is 34.5 Å². The lowest BCUT2D eigenvalue weighted by molar-refractivity contribution is -0.0435. The number of aromatic nitrogens is 1. The van der Waals surface area contributed by atoms with Gasteiger partial charge in [0.25, 0.3) is 9.84 Å². The molecule has 4 N–H and O–H groups in total. The van der Waals surface area contributed by atoms with E-state index in [-0.39, 0.29) is 22.3 Å². The monoisotopic (exact) mass is 1130 g/mol. The Kier molecular flexibility index (Phi) is 17.1. The van der Waals surface area contributed by atoms with Crippen molar-refractivity contribution in [3.05, 3.63) is 132 Å². The molecule has 0 radical (unpaired) electrons. The topological polar surface area (TPSA) is 165 Å². The van der Waals surface area contributed by atoms with Gasteiger partial charge in [0.2, 0.25) is 0 Å². The van der Waals surface area contributed by atoms with E-state index in [1.54, 1.807) is 37.3 Å². The second-order valence-electron chi connectivity index (χ2n) is 19.2. The minimum absolute atomic E-state index is 0.114. The van der Waals surface area contributed by atoms with Crippen LogP contribution in [0.25, 0.3) is 22.4 Å². The third kappa shape index (κ3) is 13.0. The molecule has 6 aromatic rings. The van der Waals surface area contributed by atoms with Crippen LogP contribution in [0.5, 0.6) is 0 Å². The van der Waals surface area contributed by atoms with Gasteiger partial charge in [-0.15, -0.1) is 11.8 Å². The Morgan fingerprint density at radius 2 is 1.44 bits per heavy atom. The summed E-state index contributed by atoms with van der Waals surface area (Å²) in [5.41, 5.74) is -1.94. The van der Waals surface area contributed by atoms with Crippen molar-refractivity contribution in [3.8, 4) is 22.4 Å². The molecule has 0 bridgehead atoms. The zero-order valence-corrected chi connectivity index (χ0v) is 45.9. The highest BCUT2D eigenvalue weighted by Gasteiger charge is 2.49. The minimum Gasteiger partial charge on any atom is -0.393 e. The summed E-state index contributed by atoms with van der Waals surface area (Å²) in [7, 11) is -14.6. The van der Waals surface area contributed by atoms with Gasteiger partial charge in [0.05, 0.1) is 27.7 Å². The fourth-order valence-electron chi connectivity index (χ4n) is 9.83. The highest BCUT2D eigenvalue weighted by Crippen LogP contribution is 2.46. The van der Waals surface area contributed by atoms with E-state index in [1.807, 2.05) is 65.8 Å². The van der Waals surface area contributed by atoms with Crippen molar-refractivity contribution >= 4 is 78.6 Å². The third-order valence-electron chi connectivity index (χ3n) is 13.5. The van der Waals surface area contributed by atoms with Crippen molar-refractivity contribution in [3.63, 3.8) is 0 Å². The minimum atomic E-state index is -6.02. The number of aliphatic hydroxyl groups is 1. The number of aliphatic hydroxyl groups excluding tert-OH is 1. The van der Waals surface area contributed by atoms with Crippen molar-refractivity contribution < 1.29 is 49.0 Å². The molecule has 2 aliphatic rings. The van der Waals surface area contributed by atoms with E-state index >= 15 is 4.39 Å². The lowest BCUT2D eigenvalue weighted by Crippen LogP contribution is -2.46. The van der Waals surface area contributed by atoms with E-state index < -0.39 is 60.9 Å². The normalized spacial score (nSPS) is 16.5. The summed E-state index contributed by atoms with van der Waals surface area (Å²) < 4.78 is 128. The molecule has 22 heteroatoms. The number of sulfone groups is 2. The summed E-state index contributed by atoms with van der Waals surface area (Å²) in [5.74, 6) is -0.176. The van der Waals surface area contributed by atoms with Crippen LogP contribution in [0.15, 0.2) is 130 Å². The van der Waals surface area contributed by atoms with Gasteiger partial charge >= 0.3 is 13.0 Å². The summed E-state index contributed by atoms with van der Waals surface area (Å²) in [6, 6.07) is 29.7. The van der Waals surface area contributed by atoms with E-state index in [2.05, 4.69) is 20.2 Å². The molecule has 3 heterocycles. The second-order valence-corrected chi connectivity index (χ2v) is 26.5. The molecule has 8 rings (SSSR count). The number of likely N-dealkylation sites (tertiary alicyclic amines) is 1. The summed E-state index contributed by atoms with van der Waals surface area (Å²) >= 11 is 7.70. The van der Waals surface area contributed by atoms with Gasteiger partial charge in [-0.25, -0.2) is 21.2 Å². The number of anilines is 4. The van der Waals surface area contributed by atoms with Gasteiger partial charge < -0.3 is 39.7 Å². The molecule has 2 atom stereocenters. The maximum Gasteiger partial charge on any atom is 0.501 e. The number of halogens is 5. The first-order chi connectivity index (χ1) is 35.4. The smallest absolute Gasteiger partial charge is 0.393 e. The van der Waals surface area contributed by atoms with Crippen molar-refractivity contribution in [1.82, 2.24) is 9.47 Å². The average Bonchev–Trinajstić information content (AvgIpc) is 3.69. The van der Waals surface area contributed by atoms with Gasteiger partial charge in [-0.1, -0.05) is 41.9 Å². The number of nitrogens with zero attached hydrogens (tertiary/aromatic N) is 4. The lowest BCUT2D eigenvalue weighted by atomic mass is 9.99. The quantitative estimate of drug-likeness (QED) is 0.0365. The van der Waals surface area contributed by atoms with E-state index in [4.69, 9.17) is 11.6 Å². The summed E-state index contributed by atoms with van der Waals surface area (Å²) in [4.78, 5) is 17.4. The van der Waals surface area contributed by atoms with E-state index in [1.165, 1.54) is 36.0 Å². The molecule has 1 aromatic heterocycles. The molecular weight excluding hydrogens is 1070 g/mol. The Morgan fingerprint density at radius 1 is 0.813 bits per heavy atom. The molecule has 0 saturated carbocycles. The zero-order chi connectivity index (χ0) is 54.0. The number of piperazine rings is 1. The predicted molar refractivity (Wildman–Crippen MR) is 293 cm³/mol. The third-order valence-corrected chi connectivity index (χ3v) is 19.3. The number of hydrogen-bond donors (Lipinski definition) is 4. The molecule has 2 aliphatic heterocycles. The Balaban J connectivity index is 0.985. The number of thioether (sulfide) groups is 1. The van der Waals surface area contributed by atoms with Gasteiger partial charge in [0.1, 0.15) is 10.7 Å². The highest BCUT2D eigenvalue weighted by atomic mass is 35.5. The molecular formula is C53H60ClF4N6O7PS3. The molecule has 2 fully saturated rings. The Hall–Kier alpha value is -5.05. The SMILES string of the molecule is Cc1c(S(C)(=O)=O)c(-c2cc(F)cc(N3CCN(c4ccc(NP(=O)(O)c5ccc(N[C@H](CCN6CCC(O)CC6)CSc6ccccc6)c(S(=O)(=O)C(F)(F)F)c5)cc4)CC3)c2)c(-c2ccc(Cl)cc2)n1C(C)C. The summed E-state index contributed by atoms with van der Waals surface area (Å²) in [5, 5.41) is 15.5. The molecule has 13 nitrogen and oxygen atoms in total. The fraction of sp³-hybridized carbons (Fsp3) is 0.358. The number of nitrogens with one attached hydrogen (secondary N) is 2. The summed E-state index contributed by atoms with van der Waals surface area (Å²) in [6.07, 6.45) is 2.37. The van der Waals surface area contributed by atoms with Crippen molar-refractivity contribution in [2.45, 2.75) is 78.4 Å².